The zero-order chi connectivity index (χ0) is 21.7. The maximum atomic E-state index is 6.13. The minimum Gasteiger partial charge on any atom is -0.467 e. The third kappa shape index (κ3) is 4.98. The Morgan fingerprint density at radius 1 is 1.13 bits per heavy atom. The van der Waals surface area contributed by atoms with E-state index in [9.17, 15) is 0 Å². The molecule has 1 fully saturated rings. The van der Waals surface area contributed by atoms with E-state index in [0.717, 1.165) is 36.9 Å². The Labute approximate surface area is 184 Å². The average molecular weight is 424 g/mol. The number of pyridine rings is 1. The second-order valence-corrected chi connectivity index (χ2v) is 8.78. The first-order valence-corrected chi connectivity index (χ1v) is 11.3. The molecule has 0 radical (unpaired) electrons. The first-order chi connectivity index (χ1) is 15.1. The molecule has 7 nitrogen and oxygen atoms in total. The first-order valence-electron chi connectivity index (χ1n) is 11.3. The molecule has 0 amide bonds. The highest BCUT2D eigenvalue weighted by Crippen LogP contribution is 2.34. The van der Waals surface area contributed by atoms with Crippen molar-refractivity contribution in [3.8, 4) is 0 Å². The van der Waals surface area contributed by atoms with Crippen LogP contribution in [0.25, 0.3) is 0 Å². The molecule has 0 aromatic carbocycles. The molecule has 3 aromatic rings. The van der Waals surface area contributed by atoms with E-state index in [2.05, 4.69) is 38.5 Å². The van der Waals surface area contributed by atoms with Gasteiger partial charge in [-0.3, -0.25) is 9.55 Å². The molecule has 166 valence electrons. The summed E-state index contributed by atoms with van der Waals surface area (Å²) in [6.07, 6.45) is 11.9. The predicted molar refractivity (Wildman–Crippen MR) is 120 cm³/mol. The Kier molecular flexibility index (Phi) is 6.70. The van der Waals surface area contributed by atoms with Crippen molar-refractivity contribution in [3.63, 3.8) is 0 Å². The van der Waals surface area contributed by atoms with Crippen LogP contribution in [0.1, 0.15) is 63.1 Å². The molecule has 0 bridgehead atoms. The van der Waals surface area contributed by atoms with Crippen LogP contribution in [0.2, 0.25) is 0 Å². The number of ether oxygens (including phenoxy) is 1. The molecule has 0 atom stereocenters. The number of hydrogen-bond acceptors (Lipinski definition) is 6. The van der Waals surface area contributed by atoms with Crippen LogP contribution in [0, 0.1) is 0 Å². The van der Waals surface area contributed by atoms with Gasteiger partial charge in [-0.15, -0.1) is 10.2 Å². The second-order valence-electron chi connectivity index (χ2n) is 8.78. The van der Waals surface area contributed by atoms with Crippen LogP contribution in [-0.4, -0.2) is 38.5 Å². The Bertz CT molecular complexity index is 930. The van der Waals surface area contributed by atoms with Gasteiger partial charge in [0.05, 0.1) is 25.0 Å². The van der Waals surface area contributed by atoms with E-state index in [1.807, 2.05) is 43.8 Å². The molecule has 3 heterocycles. The number of aromatic nitrogens is 4. The normalized spacial score (nSPS) is 16.0. The van der Waals surface area contributed by atoms with Crippen LogP contribution in [0.5, 0.6) is 0 Å². The van der Waals surface area contributed by atoms with Crippen LogP contribution >= 0.6 is 0 Å². The number of methoxy groups -OCH3 is 1. The van der Waals surface area contributed by atoms with Gasteiger partial charge in [0.25, 0.3) is 0 Å². The maximum absolute atomic E-state index is 6.13. The Morgan fingerprint density at radius 3 is 2.55 bits per heavy atom. The fraction of sp³-hybridized carbons (Fsp3) is 0.542. The van der Waals surface area contributed by atoms with Gasteiger partial charge in [-0.2, -0.15) is 0 Å². The molecule has 0 saturated heterocycles. The van der Waals surface area contributed by atoms with Crippen LogP contribution in [-0.2, 0) is 24.2 Å². The van der Waals surface area contributed by atoms with Crippen molar-refractivity contribution in [2.24, 2.45) is 0 Å². The topological polar surface area (TPSA) is 69.2 Å². The largest absolute Gasteiger partial charge is 0.467 e. The lowest BCUT2D eigenvalue weighted by Crippen LogP contribution is -2.41. The summed E-state index contributed by atoms with van der Waals surface area (Å²) >= 11 is 0. The third-order valence-corrected chi connectivity index (χ3v) is 6.35. The zero-order valence-electron chi connectivity index (χ0n) is 18.8. The van der Waals surface area contributed by atoms with Gasteiger partial charge in [0.15, 0.2) is 0 Å². The minimum atomic E-state index is -0.171. The van der Waals surface area contributed by atoms with Crippen molar-refractivity contribution in [2.45, 2.75) is 77.1 Å². The lowest BCUT2D eigenvalue weighted by molar-refractivity contribution is -0.0520. The number of nitrogens with zero attached hydrogens (tertiary/aromatic N) is 5. The summed E-state index contributed by atoms with van der Waals surface area (Å²) in [4.78, 5) is 6.40. The van der Waals surface area contributed by atoms with Gasteiger partial charge in [0.2, 0.25) is 5.95 Å². The molecular formula is C24H33N5O2. The fourth-order valence-corrected chi connectivity index (χ4v) is 4.48. The standard InChI is InChI=1S/C24H33N5O2/c1-19(2)28(17-21-8-7-15-31-21)23-27-26-22(16-20-9-13-25-14-10-20)29(23)18-24(30-3)11-5-4-6-12-24/h7-10,13-15,19H,4-6,11-12,16-18H2,1-3H3. The molecule has 0 spiro atoms. The van der Waals surface area contributed by atoms with Crippen molar-refractivity contribution in [3.05, 3.63) is 60.1 Å². The fourth-order valence-electron chi connectivity index (χ4n) is 4.48. The molecule has 4 rings (SSSR count). The van der Waals surface area contributed by atoms with Crippen LogP contribution < -0.4 is 4.90 Å². The Hall–Kier alpha value is -2.67. The highest BCUT2D eigenvalue weighted by Gasteiger charge is 2.35. The molecule has 1 aliphatic rings. The van der Waals surface area contributed by atoms with Gasteiger partial charge in [0, 0.05) is 32.0 Å². The summed E-state index contributed by atoms with van der Waals surface area (Å²) in [5, 5.41) is 9.31. The summed E-state index contributed by atoms with van der Waals surface area (Å²) < 4.78 is 14.0. The summed E-state index contributed by atoms with van der Waals surface area (Å²) in [5.41, 5.74) is 1.00. The molecule has 7 heteroatoms. The molecular weight excluding hydrogens is 390 g/mol. The molecule has 1 aliphatic carbocycles. The lowest BCUT2D eigenvalue weighted by Gasteiger charge is -2.38. The highest BCUT2D eigenvalue weighted by atomic mass is 16.5. The number of hydrogen-bond donors (Lipinski definition) is 0. The summed E-state index contributed by atoms with van der Waals surface area (Å²) in [7, 11) is 1.85. The van der Waals surface area contributed by atoms with Crippen molar-refractivity contribution in [1.82, 2.24) is 19.7 Å². The molecule has 31 heavy (non-hydrogen) atoms. The van der Waals surface area contributed by atoms with Gasteiger partial charge in [-0.1, -0.05) is 19.3 Å². The van der Waals surface area contributed by atoms with Gasteiger partial charge < -0.3 is 14.1 Å². The molecule has 0 unspecified atom stereocenters. The molecule has 0 N–H and O–H groups in total. The third-order valence-electron chi connectivity index (χ3n) is 6.35. The van der Waals surface area contributed by atoms with Crippen LogP contribution in [0.15, 0.2) is 47.3 Å². The Morgan fingerprint density at radius 2 is 1.90 bits per heavy atom. The van der Waals surface area contributed by atoms with E-state index in [1.54, 1.807) is 6.26 Å². The summed E-state index contributed by atoms with van der Waals surface area (Å²) in [5.74, 6) is 2.74. The lowest BCUT2D eigenvalue weighted by atomic mass is 9.84. The molecule has 0 aliphatic heterocycles. The van der Waals surface area contributed by atoms with Gasteiger partial charge in [-0.05, 0) is 56.5 Å². The highest BCUT2D eigenvalue weighted by molar-refractivity contribution is 5.35. The monoisotopic (exact) mass is 423 g/mol. The molecule has 1 saturated carbocycles. The molecule has 3 aromatic heterocycles. The second kappa shape index (κ2) is 9.64. The first kappa shape index (κ1) is 21.6. The Balaban J connectivity index is 1.71. The predicted octanol–water partition coefficient (Wildman–Crippen LogP) is 4.62. The van der Waals surface area contributed by atoms with E-state index >= 15 is 0 Å². The van der Waals surface area contributed by atoms with E-state index < -0.39 is 0 Å². The van der Waals surface area contributed by atoms with E-state index in [0.29, 0.717) is 13.0 Å². The van der Waals surface area contributed by atoms with Gasteiger partial charge in [0.1, 0.15) is 11.6 Å². The van der Waals surface area contributed by atoms with Crippen molar-refractivity contribution < 1.29 is 9.15 Å². The summed E-state index contributed by atoms with van der Waals surface area (Å²) in [6, 6.07) is 8.25. The van der Waals surface area contributed by atoms with E-state index in [-0.39, 0.29) is 11.6 Å². The SMILES string of the molecule is COC1(Cn2c(Cc3ccncc3)nnc2N(Cc2ccco2)C(C)C)CCCCC1. The zero-order valence-corrected chi connectivity index (χ0v) is 18.8. The van der Waals surface area contributed by atoms with Crippen LogP contribution in [0.3, 0.4) is 0 Å². The van der Waals surface area contributed by atoms with Crippen molar-refractivity contribution in [2.75, 3.05) is 12.0 Å². The maximum Gasteiger partial charge on any atom is 0.227 e. The van der Waals surface area contributed by atoms with E-state index in [1.165, 1.54) is 24.8 Å². The van der Waals surface area contributed by atoms with Gasteiger partial charge >= 0.3 is 0 Å². The van der Waals surface area contributed by atoms with E-state index in [4.69, 9.17) is 9.15 Å². The number of furan rings is 1. The van der Waals surface area contributed by atoms with Crippen molar-refractivity contribution in [1.29, 1.82) is 0 Å². The summed E-state index contributed by atoms with van der Waals surface area (Å²) in [6.45, 7) is 5.76. The number of rotatable bonds is 9. The quantitative estimate of drug-likeness (QED) is 0.500. The smallest absolute Gasteiger partial charge is 0.227 e. The minimum absolute atomic E-state index is 0.171. The van der Waals surface area contributed by atoms with Crippen molar-refractivity contribution >= 4 is 5.95 Å². The number of anilines is 1. The average Bonchev–Trinajstić information content (AvgIpc) is 3.44. The van der Waals surface area contributed by atoms with Gasteiger partial charge in [-0.25, -0.2) is 0 Å². The van der Waals surface area contributed by atoms with Crippen LogP contribution in [0.4, 0.5) is 5.95 Å².